The molecule has 2 nitrogen and oxygen atoms in total. The maximum absolute atomic E-state index is 5.64. The first-order chi connectivity index (χ1) is 6.79. The average molecular weight is 211 g/mol. The Labute approximate surface area is 94.0 Å². The van der Waals surface area contributed by atoms with Crippen molar-refractivity contribution in [1.82, 2.24) is 4.90 Å². The zero-order valence-electron chi connectivity index (χ0n) is 10.8. The molecule has 15 heavy (non-hydrogen) atoms. The van der Waals surface area contributed by atoms with E-state index in [4.69, 9.17) is 4.74 Å². The molecule has 0 spiro atoms. The fraction of sp³-hybridized carbons (Fsp3) is 1.00. The minimum absolute atomic E-state index is 0.371. The van der Waals surface area contributed by atoms with Crippen molar-refractivity contribution in [2.45, 2.75) is 53.2 Å². The average Bonchev–Trinajstić information content (AvgIpc) is 2.61. The first-order valence-corrected chi connectivity index (χ1v) is 6.15. The molecule has 2 aliphatic heterocycles. The van der Waals surface area contributed by atoms with Crippen molar-refractivity contribution in [3.05, 3.63) is 0 Å². The lowest BCUT2D eigenvalue weighted by Gasteiger charge is -2.43. The Morgan fingerprint density at radius 3 is 2.27 bits per heavy atom. The van der Waals surface area contributed by atoms with E-state index in [9.17, 15) is 0 Å². The van der Waals surface area contributed by atoms with Gasteiger partial charge in [-0.05, 0) is 17.3 Å². The molecule has 2 atom stereocenters. The summed E-state index contributed by atoms with van der Waals surface area (Å²) in [5, 5.41) is 0. The summed E-state index contributed by atoms with van der Waals surface area (Å²) < 4.78 is 5.64. The van der Waals surface area contributed by atoms with Gasteiger partial charge >= 0.3 is 0 Å². The third-order valence-corrected chi connectivity index (χ3v) is 4.64. The van der Waals surface area contributed by atoms with E-state index >= 15 is 0 Å². The van der Waals surface area contributed by atoms with Gasteiger partial charge in [0.25, 0.3) is 0 Å². The lowest BCUT2D eigenvalue weighted by molar-refractivity contribution is -0.00568. The summed E-state index contributed by atoms with van der Waals surface area (Å²) >= 11 is 0. The van der Waals surface area contributed by atoms with Gasteiger partial charge in [-0.2, -0.15) is 0 Å². The second kappa shape index (κ2) is 3.46. The largest absolute Gasteiger partial charge is 0.375 e. The van der Waals surface area contributed by atoms with Crippen molar-refractivity contribution in [3.63, 3.8) is 0 Å². The number of likely N-dealkylation sites (tertiary alicyclic amines) is 1. The monoisotopic (exact) mass is 211 g/mol. The highest BCUT2D eigenvalue weighted by Gasteiger charge is 2.43. The van der Waals surface area contributed by atoms with Crippen LogP contribution in [0.1, 0.15) is 41.0 Å². The normalized spacial score (nSPS) is 32.6. The molecule has 88 valence electrons. The molecule has 0 N–H and O–H groups in total. The van der Waals surface area contributed by atoms with Gasteiger partial charge < -0.3 is 4.74 Å². The maximum Gasteiger partial charge on any atom is 0.0718 e. The van der Waals surface area contributed by atoms with Gasteiger partial charge in [-0.15, -0.1) is 0 Å². The van der Waals surface area contributed by atoms with Crippen LogP contribution in [0.2, 0.25) is 0 Å². The summed E-state index contributed by atoms with van der Waals surface area (Å²) in [6.07, 6.45) is 1.80. The van der Waals surface area contributed by atoms with Crippen LogP contribution in [0.4, 0.5) is 0 Å². The number of ether oxygens (including phenoxy) is 1. The van der Waals surface area contributed by atoms with E-state index in [1.54, 1.807) is 0 Å². The summed E-state index contributed by atoms with van der Waals surface area (Å²) in [5.41, 5.74) is 0.743. The lowest BCUT2D eigenvalue weighted by Crippen LogP contribution is -2.46. The molecule has 2 unspecified atom stereocenters. The summed E-state index contributed by atoms with van der Waals surface area (Å²) in [7, 11) is 0. The molecule has 2 fully saturated rings. The van der Waals surface area contributed by atoms with Gasteiger partial charge in [-0.1, -0.05) is 34.6 Å². The molecule has 2 aliphatic rings. The quantitative estimate of drug-likeness (QED) is 0.696. The standard InChI is InChI=1S/C13H25NO/c1-12(2,3)13(4,5)9-14-7-11-6-10(14)8-15-11/h10-11H,6-9H2,1-5H3. The Morgan fingerprint density at radius 2 is 1.87 bits per heavy atom. The zero-order valence-corrected chi connectivity index (χ0v) is 10.8. The first-order valence-electron chi connectivity index (χ1n) is 6.15. The molecule has 0 aliphatic carbocycles. The highest BCUT2D eigenvalue weighted by Crippen LogP contribution is 2.40. The van der Waals surface area contributed by atoms with E-state index in [1.165, 1.54) is 13.0 Å². The van der Waals surface area contributed by atoms with Crippen molar-refractivity contribution in [1.29, 1.82) is 0 Å². The van der Waals surface area contributed by atoms with E-state index in [0.29, 0.717) is 23.0 Å². The van der Waals surface area contributed by atoms with Gasteiger partial charge in [-0.3, -0.25) is 4.90 Å². The zero-order chi connectivity index (χ0) is 11.3. The fourth-order valence-electron chi connectivity index (χ4n) is 2.42. The Morgan fingerprint density at radius 1 is 1.20 bits per heavy atom. The maximum atomic E-state index is 5.64. The molecule has 0 aromatic rings. The second-order valence-electron chi connectivity index (χ2n) is 6.91. The van der Waals surface area contributed by atoms with Gasteiger partial charge in [-0.25, -0.2) is 0 Å². The van der Waals surface area contributed by atoms with Crippen molar-refractivity contribution in [2.24, 2.45) is 10.8 Å². The molecule has 0 radical (unpaired) electrons. The van der Waals surface area contributed by atoms with Crippen molar-refractivity contribution >= 4 is 0 Å². The van der Waals surface area contributed by atoms with E-state index in [-0.39, 0.29) is 0 Å². The van der Waals surface area contributed by atoms with Crippen LogP contribution in [0.15, 0.2) is 0 Å². The van der Waals surface area contributed by atoms with Crippen molar-refractivity contribution in [2.75, 3.05) is 19.7 Å². The number of hydrogen-bond acceptors (Lipinski definition) is 2. The predicted molar refractivity (Wildman–Crippen MR) is 63.0 cm³/mol. The van der Waals surface area contributed by atoms with Gasteiger partial charge in [0, 0.05) is 19.1 Å². The molecule has 0 amide bonds. The lowest BCUT2D eigenvalue weighted by atomic mass is 9.69. The molecule has 2 saturated heterocycles. The highest BCUT2D eigenvalue weighted by atomic mass is 16.5. The molecule has 2 rings (SSSR count). The smallest absolute Gasteiger partial charge is 0.0718 e. The topological polar surface area (TPSA) is 12.5 Å². The minimum atomic E-state index is 0.371. The van der Waals surface area contributed by atoms with Crippen molar-refractivity contribution < 1.29 is 4.74 Å². The van der Waals surface area contributed by atoms with E-state index in [0.717, 1.165) is 13.2 Å². The molecular weight excluding hydrogens is 186 g/mol. The third-order valence-electron chi connectivity index (χ3n) is 4.64. The first kappa shape index (κ1) is 11.4. The Hall–Kier alpha value is -0.0800. The van der Waals surface area contributed by atoms with Crippen LogP contribution in [0.3, 0.4) is 0 Å². The molecule has 2 heteroatoms. The van der Waals surface area contributed by atoms with E-state index in [1.807, 2.05) is 0 Å². The van der Waals surface area contributed by atoms with E-state index in [2.05, 4.69) is 39.5 Å². The summed E-state index contributed by atoms with van der Waals surface area (Å²) in [6, 6.07) is 0.705. The fourth-order valence-corrected chi connectivity index (χ4v) is 2.42. The number of nitrogens with zero attached hydrogens (tertiary/aromatic N) is 1. The number of morpholine rings is 1. The SMILES string of the molecule is CC(C)(C)C(C)(C)CN1CC2CC1CO2. The summed E-state index contributed by atoms with van der Waals surface area (Å²) in [5.74, 6) is 0. The van der Waals surface area contributed by atoms with Gasteiger partial charge in [0.2, 0.25) is 0 Å². The number of hydrogen-bond donors (Lipinski definition) is 0. The summed E-state index contributed by atoms with van der Waals surface area (Å²) in [6.45, 7) is 15.1. The number of rotatable bonds is 2. The second-order valence-corrected chi connectivity index (χ2v) is 6.91. The third kappa shape index (κ3) is 2.07. The molecule has 0 aromatic carbocycles. The van der Waals surface area contributed by atoms with Crippen LogP contribution < -0.4 is 0 Å². The van der Waals surface area contributed by atoms with Crippen LogP contribution in [-0.4, -0.2) is 36.7 Å². The van der Waals surface area contributed by atoms with Crippen LogP contribution in [0.5, 0.6) is 0 Å². The number of fused-ring (bicyclic) bond motifs is 2. The summed E-state index contributed by atoms with van der Waals surface area (Å²) in [4.78, 5) is 2.64. The van der Waals surface area contributed by atoms with Crippen molar-refractivity contribution in [3.8, 4) is 0 Å². The van der Waals surface area contributed by atoms with Gasteiger partial charge in [0.15, 0.2) is 0 Å². The Balaban J connectivity index is 1.97. The molecule has 0 aromatic heterocycles. The molecular formula is C13H25NO. The van der Waals surface area contributed by atoms with Gasteiger partial charge in [0.05, 0.1) is 12.7 Å². The van der Waals surface area contributed by atoms with Crippen LogP contribution >= 0.6 is 0 Å². The molecule has 2 heterocycles. The Bertz CT molecular complexity index is 241. The molecule has 0 saturated carbocycles. The van der Waals surface area contributed by atoms with Crippen LogP contribution in [0.25, 0.3) is 0 Å². The Kier molecular flexibility index (Phi) is 2.63. The highest BCUT2D eigenvalue weighted by molar-refractivity contribution is 4.95. The predicted octanol–water partition coefficient (Wildman–Crippen LogP) is 2.53. The van der Waals surface area contributed by atoms with E-state index < -0.39 is 0 Å². The van der Waals surface area contributed by atoms with Crippen LogP contribution in [0, 0.1) is 10.8 Å². The molecule has 2 bridgehead atoms. The van der Waals surface area contributed by atoms with Gasteiger partial charge in [0.1, 0.15) is 0 Å². The van der Waals surface area contributed by atoms with Crippen LogP contribution in [-0.2, 0) is 4.74 Å². The minimum Gasteiger partial charge on any atom is -0.375 e.